The summed E-state index contributed by atoms with van der Waals surface area (Å²) in [6, 6.07) is 3.71. The molecule has 1 atom stereocenters. The maximum absolute atomic E-state index is 12.4. The number of nitrogen functional groups attached to an aromatic ring is 1. The number of nitrogens with two attached hydrogens (primary N) is 1. The van der Waals surface area contributed by atoms with Crippen LogP contribution in [0.3, 0.4) is 0 Å². The second-order valence-corrected chi connectivity index (χ2v) is 5.54. The molecule has 2 aromatic rings. The number of hydrogen-bond acceptors (Lipinski definition) is 7. The Morgan fingerprint density at radius 1 is 1.08 bits per heavy atom. The van der Waals surface area contributed by atoms with Gasteiger partial charge in [-0.25, -0.2) is 9.97 Å². The zero-order valence-electron chi connectivity index (χ0n) is 13.8. The molecule has 0 spiro atoms. The number of anilines is 1. The number of Topliss-reactive ketones (excluding diaryl/α,β-unsaturated/α-hetero) is 1. The zero-order chi connectivity index (χ0) is 17.3. The fourth-order valence-electron chi connectivity index (χ4n) is 3.13. The second-order valence-electron chi connectivity index (χ2n) is 5.54. The summed E-state index contributed by atoms with van der Waals surface area (Å²) in [7, 11) is 4.69. The summed E-state index contributed by atoms with van der Waals surface area (Å²) >= 11 is 0. The minimum Gasteiger partial charge on any atom is -0.493 e. The molecule has 2 N–H and O–H groups in total. The van der Waals surface area contributed by atoms with Gasteiger partial charge in [0.15, 0.2) is 17.3 Å². The minimum absolute atomic E-state index is 0.00177. The molecule has 7 nitrogen and oxygen atoms in total. The first-order valence-corrected chi connectivity index (χ1v) is 7.52. The van der Waals surface area contributed by atoms with Crippen LogP contribution in [0.2, 0.25) is 0 Å². The molecule has 0 fully saturated rings. The number of benzene rings is 1. The number of fused-ring (bicyclic) bond motifs is 1. The molecule has 0 bridgehead atoms. The van der Waals surface area contributed by atoms with Gasteiger partial charge in [-0.15, -0.1) is 0 Å². The number of rotatable bonds is 4. The number of methoxy groups -OCH3 is 3. The van der Waals surface area contributed by atoms with E-state index in [9.17, 15) is 4.79 Å². The third-order valence-corrected chi connectivity index (χ3v) is 4.23. The zero-order valence-corrected chi connectivity index (χ0v) is 13.8. The van der Waals surface area contributed by atoms with Gasteiger partial charge in [-0.1, -0.05) is 6.07 Å². The van der Waals surface area contributed by atoms with Gasteiger partial charge in [0.1, 0.15) is 0 Å². The van der Waals surface area contributed by atoms with Gasteiger partial charge in [0.2, 0.25) is 11.7 Å². The van der Waals surface area contributed by atoms with Crippen LogP contribution in [0.15, 0.2) is 18.3 Å². The van der Waals surface area contributed by atoms with Crippen LogP contribution in [0.4, 0.5) is 5.95 Å². The first kappa shape index (κ1) is 16.0. The number of aromatic nitrogens is 2. The monoisotopic (exact) mass is 329 g/mol. The quantitative estimate of drug-likeness (QED) is 0.916. The third kappa shape index (κ3) is 2.62. The van der Waals surface area contributed by atoms with Crippen LogP contribution in [0, 0.1) is 0 Å². The van der Waals surface area contributed by atoms with E-state index in [1.54, 1.807) is 21.3 Å². The van der Waals surface area contributed by atoms with Crippen LogP contribution in [0.5, 0.6) is 17.2 Å². The Morgan fingerprint density at radius 3 is 2.50 bits per heavy atom. The van der Waals surface area contributed by atoms with Crippen molar-refractivity contribution in [2.24, 2.45) is 0 Å². The molecular weight excluding hydrogens is 310 g/mol. The van der Waals surface area contributed by atoms with E-state index < -0.39 is 0 Å². The van der Waals surface area contributed by atoms with Crippen molar-refractivity contribution in [3.8, 4) is 17.2 Å². The minimum atomic E-state index is -0.0749. The second kappa shape index (κ2) is 6.35. The van der Waals surface area contributed by atoms with Crippen molar-refractivity contribution < 1.29 is 19.0 Å². The molecule has 0 saturated carbocycles. The fourth-order valence-corrected chi connectivity index (χ4v) is 3.13. The highest BCUT2D eigenvalue weighted by Gasteiger charge is 2.31. The van der Waals surface area contributed by atoms with E-state index in [4.69, 9.17) is 19.9 Å². The molecule has 1 aliphatic carbocycles. The molecule has 1 aliphatic rings. The Hall–Kier alpha value is -2.83. The molecular formula is C17H19N3O4. The predicted molar refractivity (Wildman–Crippen MR) is 87.9 cm³/mol. The smallest absolute Gasteiger partial charge is 0.220 e. The summed E-state index contributed by atoms with van der Waals surface area (Å²) in [6.45, 7) is 0. The number of ether oxygens (including phenoxy) is 3. The van der Waals surface area contributed by atoms with Crippen molar-refractivity contribution in [2.45, 2.75) is 18.8 Å². The van der Waals surface area contributed by atoms with Gasteiger partial charge in [-0.3, -0.25) is 4.79 Å². The van der Waals surface area contributed by atoms with E-state index in [-0.39, 0.29) is 17.6 Å². The average molecular weight is 329 g/mol. The Kier molecular flexibility index (Phi) is 4.24. The van der Waals surface area contributed by atoms with E-state index in [1.807, 2.05) is 12.1 Å². The molecule has 3 rings (SSSR count). The lowest BCUT2D eigenvalue weighted by atomic mass is 9.81. The lowest BCUT2D eigenvalue weighted by Crippen LogP contribution is -2.21. The summed E-state index contributed by atoms with van der Waals surface area (Å²) in [4.78, 5) is 20.6. The lowest BCUT2D eigenvalue weighted by Gasteiger charge is -2.25. The molecule has 1 aromatic heterocycles. The van der Waals surface area contributed by atoms with Crippen molar-refractivity contribution in [3.05, 3.63) is 35.2 Å². The Labute approximate surface area is 139 Å². The van der Waals surface area contributed by atoms with Gasteiger partial charge < -0.3 is 19.9 Å². The SMILES string of the molecule is COc1ccc([C@@H]2CC(=O)c3cnc(N)nc3C2)c(OC)c1OC. The first-order chi connectivity index (χ1) is 11.6. The molecule has 24 heavy (non-hydrogen) atoms. The van der Waals surface area contributed by atoms with Crippen LogP contribution in [-0.4, -0.2) is 37.1 Å². The highest BCUT2D eigenvalue weighted by atomic mass is 16.5. The van der Waals surface area contributed by atoms with Gasteiger partial charge in [0.05, 0.1) is 32.6 Å². The highest BCUT2D eigenvalue weighted by molar-refractivity contribution is 5.98. The summed E-state index contributed by atoms with van der Waals surface area (Å²) in [6.07, 6.45) is 2.44. The Morgan fingerprint density at radius 2 is 1.83 bits per heavy atom. The number of carbonyl (C=O) groups excluding carboxylic acids is 1. The Bertz CT molecular complexity index is 792. The third-order valence-electron chi connectivity index (χ3n) is 4.23. The Balaban J connectivity index is 2.05. The summed E-state index contributed by atoms with van der Waals surface area (Å²) < 4.78 is 16.3. The van der Waals surface area contributed by atoms with Gasteiger partial charge >= 0.3 is 0 Å². The van der Waals surface area contributed by atoms with Crippen LogP contribution in [0.25, 0.3) is 0 Å². The number of ketones is 1. The van der Waals surface area contributed by atoms with Gasteiger partial charge in [-0.05, 0) is 12.5 Å². The van der Waals surface area contributed by atoms with Crippen LogP contribution in [-0.2, 0) is 6.42 Å². The van der Waals surface area contributed by atoms with Crippen molar-refractivity contribution in [2.75, 3.05) is 27.1 Å². The molecule has 0 unspecified atom stereocenters. The predicted octanol–water partition coefficient (Wildman–Crippen LogP) is 2.00. The first-order valence-electron chi connectivity index (χ1n) is 7.52. The summed E-state index contributed by atoms with van der Waals surface area (Å²) in [5.74, 6) is 1.75. The topological polar surface area (TPSA) is 96.6 Å². The standard InChI is InChI=1S/C17H19N3O4/c1-22-14-5-4-10(15(23-2)16(14)24-3)9-6-12-11(13(21)7-9)8-19-17(18)20-12/h4-5,8-9H,6-7H2,1-3H3,(H2,18,19,20)/t9-/m0/s1. The van der Waals surface area contributed by atoms with E-state index in [2.05, 4.69) is 9.97 Å². The van der Waals surface area contributed by atoms with E-state index in [0.29, 0.717) is 41.3 Å². The number of carbonyl (C=O) groups is 1. The van der Waals surface area contributed by atoms with Crippen LogP contribution in [0.1, 0.15) is 34.0 Å². The maximum Gasteiger partial charge on any atom is 0.220 e. The normalized spacial score (nSPS) is 16.5. The molecule has 1 heterocycles. The highest BCUT2D eigenvalue weighted by Crippen LogP contribution is 2.45. The molecule has 0 saturated heterocycles. The number of nitrogens with zero attached hydrogens (tertiary/aromatic N) is 2. The molecule has 0 aliphatic heterocycles. The largest absolute Gasteiger partial charge is 0.493 e. The van der Waals surface area contributed by atoms with Crippen molar-refractivity contribution in [3.63, 3.8) is 0 Å². The van der Waals surface area contributed by atoms with Crippen LogP contribution >= 0.6 is 0 Å². The summed E-state index contributed by atoms with van der Waals surface area (Å²) in [5.41, 5.74) is 7.75. The van der Waals surface area contributed by atoms with Gasteiger partial charge in [0, 0.05) is 24.1 Å². The van der Waals surface area contributed by atoms with E-state index in [0.717, 1.165) is 5.56 Å². The maximum atomic E-state index is 12.4. The van der Waals surface area contributed by atoms with Crippen molar-refractivity contribution in [1.29, 1.82) is 0 Å². The molecule has 1 aromatic carbocycles. The number of hydrogen-bond donors (Lipinski definition) is 1. The van der Waals surface area contributed by atoms with Crippen molar-refractivity contribution in [1.82, 2.24) is 9.97 Å². The van der Waals surface area contributed by atoms with Crippen LogP contribution < -0.4 is 19.9 Å². The molecule has 7 heteroatoms. The van der Waals surface area contributed by atoms with E-state index in [1.165, 1.54) is 6.20 Å². The average Bonchev–Trinajstić information content (AvgIpc) is 2.59. The van der Waals surface area contributed by atoms with E-state index >= 15 is 0 Å². The van der Waals surface area contributed by atoms with Gasteiger partial charge in [-0.2, -0.15) is 0 Å². The van der Waals surface area contributed by atoms with Gasteiger partial charge in [0.25, 0.3) is 0 Å². The molecule has 0 amide bonds. The molecule has 0 radical (unpaired) electrons. The summed E-state index contributed by atoms with van der Waals surface area (Å²) in [5, 5.41) is 0. The lowest BCUT2D eigenvalue weighted by molar-refractivity contribution is 0.0962. The molecule has 126 valence electrons. The van der Waals surface area contributed by atoms with Crippen molar-refractivity contribution >= 4 is 11.7 Å². The fraction of sp³-hybridized carbons (Fsp3) is 0.353.